The Morgan fingerprint density at radius 1 is 1.32 bits per heavy atom. The zero-order chi connectivity index (χ0) is 13.2. The molecule has 0 spiro atoms. The molecule has 1 atom stereocenters. The van der Waals surface area contributed by atoms with Gasteiger partial charge in [-0.25, -0.2) is 0 Å². The molecule has 1 heterocycles. The molecule has 0 fully saturated rings. The summed E-state index contributed by atoms with van der Waals surface area (Å²) < 4.78 is 0. The van der Waals surface area contributed by atoms with Gasteiger partial charge < -0.3 is 5.32 Å². The van der Waals surface area contributed by atoms with Gasteiger partial charge in [0.05, 0.1) is 11.7 Å². The van der Waals surface area contributed by atoms with Crippen molar-refractivity contribution in [2.45, 2.75) is 32.2 Å². The van der Waals surface area contributed by atoms with Gasteiger partial charge in [0.1, 0.15) is 0 Å². The Labute approximate surface area is 118 Å². The summed E-state index contributed by atoms with van der Waals surface area (Å²) in [5.41, 5.74) is 4.73. The maximum absolute atomic E-state index is 6.18. The monoisotopic (exact) mass is 272 g/mol. The van der Waals surface area contributed by atoms with Gasteiger partial charge in [0.15, 0.2) is 0 Å². The van der Waals surface area contributed by atoms with Crippen LogP contribution >= 0.6 is 11.6 Å². The van der Waals surface area contributed by atoms with Crippen LogP contribution in [-0.2, 0) is 6.42 Å². The van der Waals surface area contributed by atoms with Crippen molar-refractivity contribution in [2.24, 2.45) is 0 Å². The fourth-order valence-electron chi connectivity index (χ4n) is 2.63. The fraction of sp³-hybridized carbons (Fsp3) is 0.312. The molecule has 0 amide bonds. The average Bonchev–Trinajstić information content (AvgIpc) is 2.43. The van der Waals surface area contributed by atoms with Crippen LogP contribution in [0.4, 0.5) is 5.69 Å². The number of hydrogen-bond acceptors (Lipinski definition) is 2. The number of rotatable bonds is 2. The number of halogens is 1. The molecule has 1 aromatic heterocycles. The van der Waals surface area contributed by atoms with Gasteiger partial charge in [-0.1, -0.05) is 23.7 Å². The minimum absolute atomic E-state index is 0.295. The largest absolute Gasteiger partial charge is 0.377 e. The number of benzene rings is 1. The minimum atomic E-state index is 0.295. The summed E-state index contributed by atoms with van der Waals surface area (Å²) in [7, 11) is 0. The molecule has 3 rings (SSSR count). The molecule has 1 N–H and O–H groups in total. The smallest absolute Gasteiger partial charge is 0.0688 e. The third-order valence-electron chi connectivity index (χ3n) is 3.71. The Hall–Kier alpha value is -1.54. The standard InChI is InChI=1S/C16H17ClN2/c1-11-7-8-13(10-14(11)17)19-15-6-2-4-12-5-3-9-18-16(12)15/h3,5,7-10,15,19H,2,4,6H2,1H3. The second-order valence-corrected chi connectivity index (χ2v) is 5.51. The third kappa shape index (κ3) is 2.59. The first-order valence-corrected chi connectivity index (χ1v) is 7.08. The van der Waals surface area contributed by atoms with Gasteiger partial charge in [0.2, 0.25) is 0 Å². The summed E-state index contributed by atoms with van der Waals surface area (Å²) in [4.78, 5) is 4.54. The van der Waals surface area contributed by atoms with Crippen molar-refractivity contribution in [1.29, 1.82) is 0 Å². The van der Waals surface area contributed by atoms with Crippen LogP contribution in [0.1, 0.15) is 35.7 Å². The highest BCUT2D eigenvalue weighted by Gasteiger charge is 2.20. The number of aryl methyl sites for hydroxylation is 2. The number of anilines is 1. The van der Waals surface area contributed by atoms with E-state index < -0.39 is 0 Å². The Kier molecular flexibility index (Phi) is 3.43. The van der Waals surface area contributed by atoms with E-state index in [1.54, 1.807) is 0 Å². The highest BCUT2D eigenvalue weighted by molar-refractivity contribution is 6.31. The maximum Gasteiger partial charge on any atom is 0.0688 e. The molecule has 2 aromatic rings. The van der Waals surface area contributed by atoms with E-state index in [1.165, 1.54) is 17.7 Å². The van der Waals surface area contributed by atoms with E-state index in [9.17, 15) is 0 Å². The molecule has 1 aliphatic carbocycles. The second kappa shape index (κ2) is 5.22. The summed E-state index contributed by atoms with van der Waals surface area (Å²) in [6.07, 6.45) is 5.34. The highest BCUT2D eigenvalue weighted by atomic mass is 35.5. The SMILES string of the molecule is Cc1ccc(NC2CCCc3cccnc32)cc1Cl. The van der Waals surface area contributed by atoms with Crippen LogP contribution in [-0.4, -0.2) is 4.98 Å². The molecule has 0 radical (unpaired) electrons. The molecule has 0 saturated carbocycles. The van der Waals surface area contributed by atoms with Crippen molar-refractivity contribution in [3.8, 4) is 0 Å². The lowest BCUT2D eigenvalue weighted by atomic mass is 9.92. The van der Waals surface area contributed by atoms with Crippen LogP contribution in [0.2, 0.25) is 5.02 Å². The number of fused-ring (bicyclic) bond motifs is 1. The maximum atomic E-state index is 6.18. The Bertz CT molecular complexity index is 595. The van der Waals surface area contributed by atoms with Crippen LogP contribution in [0.25, 0.3) is 0 Å². The number of nitrogens with zero attached hydrogens (tertiary/aromatic N) is 1. The predicted octanol–water partition coefficient (Wildman–Crippen LogP) is 4.53. The highest BCUT2D eigenvalue weighted by Crippen LogP contribution is 2.31. The molecule has 98 valence electrons. The van der Waals surface area contributed by atoms with Gasteiger partial charge >= 0.3 is 0 Å². The number of pyridine rings is 1. The average molecular weight is 273 g/mol. The normalized spacial score (nSPS) is 17.9. The minimum Gasteiger partial charge on any atom is -0.377 e. The van der Waals surface area contributed by atoms with Gasteiger partial charge in [-0.05, 0) is 55.5 Å². The van der Waals surface area contributed by atoms with Crippen LogP contribution in [0, 0.1) is 6.92 Å². The molecule has 0 bridgehead atoms. The lowest BCUT2D eigenvalue weighted by Crippen LogP contribution is -2.18. The summed E-state index contributed by atoms with van der Waals surface area (Å²) in [5, 5.41) is 4.37. The third-order valence-corrected chi connectivity index (χ3v) is 4.12. The Morgan fingerprint density at radius 2 is 2.21 bits per heavy atom. The molecule has 1 unspecified atom stereocenters. The topological polar surface area (TPSA) is 24.9 Å². The molecule has 1 aliphatic rings. The molecular formula is C16H17ClN2. The number of aromatic nitrogens is 1. The van der Waals surface area contributed by atoms with Gasteiger partial charge in [-0.15, -0.1) is 0 Å². The second-order valence-electron chi connectivity index (χ2n) is 5.10. The van der Waals surface area contributed by atoms with Crippen molar-refractivity contribution in [3.05, 3.63) is 58.4 Å². The van der Waals surface area contributed by atoms with E-state index in [0.717, 1.165) is 29.1 Å². The van der Waals surface area contributed by atoms with Crippen molar-refractivity contribution >= 4 is 17.3 Å². The van der Waals surface area contributed by atoms with Crippen LogP contribution in [0.15, 0.2) is 36.5 Å². The molecule has 1 aromatic carbocycles. The van der Waals surface area contributed by atoms with E-state index in [-0.39, 0.29) is 0 Å². The first kappa shape index (κ1) is 12.5. The van der Waals surface area contributed by atoms with E-state index >= 15 is 0 Å². The number of hydrogen-bond donors (Lipinski definition) is 1. The molecular weight excluding hydrogens is 256 g/mol. The zero-order valence-electron chi connectivity index (χ0n) is 11.0. The summed E-state index contributed by atoms with van der Waals surface area (Å²) in [5.74, 6) is 0. The van der Waals surface area contributed by atoms with E-state index in [4.69, 9.17) is 11.6 Å². The predicted molar refractivity (Wildman–Crippen MR) is 79.7 cm³/mol. The molecule has 19 heavy (non-hydrogen) atoms. The first-order valence-electron chi connectivity index (χ1n) is 6.70. The molecule has 3 heteroatoms. The zero-order valence-corrected chi connectivity index (χ0v) is 11.7. The van der Waals surface area contributed by atoms with E-state index in [0.29, 0.717) is 6.04 Å². The summed E-state index contributed by atoms with van der Waals surface area (Å²) in [6.45, 7) is 2.02. The Balaban J connectivity index is 1.86. The van der Waals surface area contributed by atoms with Crippen molar-refractivity contribution in [3.63, 3.8) is 0 Å². The van der Waals surface area contributed by atoms with Gasteiger partial charge in [-0.3, -0.25) is 4.98 Å². The summed E-state index contributed by atoms with van der Waals surface area (Å²) >= 11 is 6.18. The fourth-order valence-corrected chi connectivity index (χ4v) is 2.81. The van der Waals surface area contributed by atoms with Crippen molar-refractivity contribution in [1.82, 2.24) is 4.98 Å². The van der Waals surface area contributed by atoms with Crippen LogP contribution < -0.4 is 5.32 Å². The number of nitrogens with one attached hydrogen (secondary N) is 1. The van der Waals surface area contributed by atoms with Crippen molar-refractivity contribution in [2.75, 3.05) is 5.32 Å². The molecule has 0 saturated heterocycles. The van der Waals surface area contributed by atoms with Crippen LogP contribution in [0.5, 0.6) is 0 Å². The van der Waals surface area contributed by atoms with Gasteiger partial charge in [0.25, 0.3) is 0 Å². The quantitative estimate of drug-likeness (QED) is 0.869. The molecule has 2 nitrogen and oxygen atoms in total. The molecule has 0 aliphatic heterocycles. The Morgan fingerprint density at radius 3 is 3.05 bits per heavy atom. The van der Waals surface area contributed by atoms with Crippen LogP contribution in [0.3, 0.4) is 0 Å². The first-order chi connectivity index (χ1) is 9.24. The van der Waals surface area contributed by atoms with Crippen molar-refractivity contribution < 1.29 is 0 Å². The van der Waals surface area contributed by atoms with Gasteiger partial charge in [-0.2, -0.15) is 0 Å². The summed E-state index contributed by atoms with van der Waals surface area (Å²) in [6, 6.07) is 10.6. The lowest BCUT2D eigenvalue weighted by Gasteiger charge is -2.26. The van der Waals surface area contributed by atoms with Gasteiger partial charge in [0, 0.05) is 16.9 Å². The lowest BCUT2D eigenvalue weighted by molar-refractivity contribution is 0.583. The van der Waals surface area contributed by atoms with E-state index in [1.807, 2.05) is 31.3 Å². The van der Waals surface area contributed by atoms with E-state index in [2.05, 4.69) is 22.4 Å².